The number of carbonyl (C=O) groups is 1. The van der Waals surface area contributed by atoms with Crippen molar-refractivity contribution in [1.29, 1.82) is 0 Å². The topological polar surface area (TPSA) is 109 Å². The number of hydrogen-bond donors (Lipinski definition) is 2. The van der Waals surface area contributed by atoms with Crippen molar-refractivity contribution < 1.29 is 4.79 Å². The number of nitrogens with one attached hydrogen (secondary N) is 2. The van der Waals surface area contributed by atoms with Crippen LogP contribution in [0, 0.1) is 13.8 Å². The van der Waals surface area contributed by atoms with Crippen molar-refractivity contribution in [1.82, 2.24) is 30.2 Å². The van der Waals surface area contributed by atoms with E-state index in [-0.39, 0.29) is 11.9 Å². The molecule has 9 nitrogen and oxygen atoms in total. The number of aryl methyl sites for hydroxylation is 2. The molecule has 0 aromatic carbocycles. The summed E-state index contributed by atoms with van der Waals surface area (Å²) < 4.78 is 0. The minimum Gasteiger partial charge on any atom is -0.354 e. The standard InChI is InChI=1S/C20H22N8O/c1-13-15(6-7-17(23-13)28-11-9-21-10-12-28)19(29)27-20-25-14(2)24-18(26-20)16-5-3-4-8-22-16/h3-8,21H,9-12H2,1-2H3,(H,24,25,26,27,29). The fourth-order valence-electron chi connectivity index (χ4n) is 3.17. The summed E-state index contributed by atoms with van der Waals surface area (Å²) in [6.07, 6.45) is 1.67. The van der Waals surface area contributed by atoms with Gasteiger partial charge in [-0.15, -0.1) is 0 Å². The Bertz CT molecular complexity index is 1020. The maximum atomic E-state index is 12.8. The molecule has 0 radical (unpaired) electrons. The maximum Gasteiger partial charge on any atom is 0.259 e. The number of pyridine rings is 2. The van der Waals surface area contributed by atoms with Gasteiger partial charge in [0, 0.05) is 32.4 Å². The number of nitrogens with zero attached hydrogens (tertiary/aromatic N) is 6. The highest BCUT2D eigenvalue weighted by atomic mass is 16.1. The number of hydrogen-bond acceptors (Lipinski definition) is 8. The van der Waals surface area contributed by atoms with Crippen molar-refractivity contribution in [2.45, 2.75) is 13.8 Å². The third-order valence-electron chi connectivity index (χ3n) is 4.62. The lowest BCUT2D eigenvalue weighted by Crippen LogP contribution is -2.44. The largest absolute Gasteiger partial charge is 0.354 e. The molecule has 3 aromatic rings. The van der Waals surface area contributed by atoms with E-state index in [2.05, 4.69) is 40.5 Å². The summed E-state index contributed by atoms with van der Waals surface area (Å²) >= 11 is 0. The molecule has 9 heteroatoms. The third-order valence-corrected chi connectivity index (χ3v) is 4.62. The van der Waals surface area contributed by atoms with E-state index >= 15 is 0 Å². The Hall–Kier alpha value is -3.46. The maximum absolute atomic E-state index is 12.8. The molecule has 1 aliphatic rings. The van der Waals surface area contributed by atoms with Gasteiger partial charge in [-0.2, -0.15) is 9.97 Å². The van der Waals surface area contributed by atoms with Crippen molar-refractivity contribution in [2.75, 3.05) is 36.4 Å². The molecule has 148 valence electrons. The zero-order valence-electron chi connectivity index (χ0n) is 16.4. The van der Waals surface area contributed by atoms with Crippen LogP contribution in [-0.2, 0) is 0 Å². The molecular weight excluding hydrogens is 368 g/mol. The summed E-state index contributed by atoms with van der Waals surface area (Å²) in [6, 6.07) is 9.16. The van der Waals surface area contributed by atoms with Crippen molar-refractivity contribution >= 4 is 17.7 Å². The van der Waals surface area contributed by atoms with Gasteiger partial charge in [0.15, 0.2) is 5.82 Å². The number of carbonyl (C=O) groups excluding carboxylic acids is 1. The molecular formula is C20H22N8O. The van der Waals surface area contributed by atoms with Gasteiger partial charge in [-0.05, 0) is 38.1 Å². The third kappa shape index (κ3) is 4.35. The Morgan fingerprint density at radius 3 is 2.59 bits per heavy atom. The molecule has 1 fully saturated rings. The minimum atomic E-state index is -0.306. The first kappa shape index (κ1) is 18.9. The fraction of sp³-hybridized carbons (Fsp3) is 0.300. The van der Waals surface area contributed by atoms with E-state index in [0.29, 0.717) is 28.6 Å². The molecule has 4 heterocycles. The Morgan fingerprint density at radius 2 is 1.86 bits per heavy atom. The number of amides is 1. The molecule has 2 N–H and O–H groups in total. The monoisotopic (exact) mass is 390 g/mol. The molecule has 1 saturated heterocycles. The number of aromatic nitrogens is 5. The van der Waals surface area contributed by atoms with E-state index in [1.807, 2.05) is 31.2 Å². The highest BCUT2D eigenvalue weighted by Gasteiger charge is 2.17. The normalized spacial score (nSPS) is 13.9. The van der Waals surface area contributed by atoms with Crippen LogP contribution < -0.4 is 15.5 Å². The fourth-order valence-corrected chi connectivity index (χ4v) is 3.17. The molecule has 0 unspecified atom stereocenters. The van der Waals surface area contributed by atoms with Gasteiger partial charge >= 0.3 is 0 Å². The highest BCUT2D eigenvalue weighted by molar-refractivity contribution is 6.04. The predicted octanol–water partition coefficient (Wildman–Crippen LogP) is 1.61. The molecule has 1 aliphatic heterocycles. The second-order valence-corrected chi connectivity index (χ2v) is 6.74. The van der Waals surface area contributed by atoms with Crippen LogP contribution in [0.4, 0.5) is 11.8 Å². The van der Waals surface area contributed by atoms with E-state index in [1.165, 1.54) is 0 Å². The quantitative estimate of drug-likeness (QED) is 0.692. The van der Waals surface area contributed by atoms with Crippen molar-refractivity contribution in [3.63, 3.8) is 0 Å². The first-order valence-corrected chi connectivity index (χ1v) is 9.49. The van der Waals surface area contributed by atoms with Crippen LogP contribution >= 0.6 is 0 Å². The van der Waals surface area contributed by atoms with Gasteiger partial charge in [0.1, 0.15) is 17.3 Å². The van der Waals surface area contributed by atoms with Gasteiger partial charge in [-0.1, -0.05) is 6.07 Å². The second-order valence-electron chi connectivity index (χ2n) is 6.74. The molecule has 0 bridgehead atoms. The summed E-state index contributed by atoms with van der Waals surface area (Å²) in [5.41, 5.74) is 1.77. The van der Waals surface area contributed by atoms with Crippen LogP contribution in [0.3, 0.4) is 0 Å². The van der Waals surface area contributed by atoms with E-state index in [4.69, 9.17) is 0 Å². The Labute approximate surface area is 168 Å². The zero-order valence-corrected chi connectivity index (χ0v) is 16.4. The van der Waals surface area contributed by atoms with E-state index in [9.17, 15) is 4.79 Å². The smallest absolute Gasteiger partial charge is 0.259 e. The van der Waals surface area contributed by atoms with Crippen LogP contribution in [0.2, 0.25) is 0 Å². The second kappa shape index (κ2) is 8.27. The van der Waals surface area contributed by atoms with Crippen molar-refractivity contribution in [3.8, 4) is 11.5 Å². The zero-order chi connectivity index (χ0) is 20.2. The SMILES string of the molecule is Cc1nc(NC(=O)c2ccc(N3CCNCC3)nc2C)nc(-c2ccccn2)n1. The van der Waals surface area contributed by atoms with Crippen LogP contribution in [0.5, 0.6) is 0 Å². The first-order chi connectivity index (χ1) is 14.1. The lowest BCUT2D eigenvalue weighted by molar-refractivity contribution is 0.102. The average Bonchev–Trinajstić information content (AvgIpc) is 2.74. The van der Waals surface area contributed by atoms with Crippen LogP contribution in [0.25, 0.3) is 11.5 Å². The average molecular weight is 390 g/mol. The minimum absolute atomic E-state index is 0.189. The summed E-state index contributed by atoms with van der Waals surface area (Å²) in [5.74, 6) is 1.68. The number of piperazine rings is 1. The molecule has 0 atom stereocenters. The first-order valence-electron chi connectivity index (χ1n) is 9.49. The van der Waals surface area contributed by atoms with Gasteiger partial charge in [0.2, 0.25) is 5.95 Å². The molecule has 4 rings (SSSR count). The Morgan fingerprint density at radius 1 is 1.03 bits per heavy atom. The Balaban J connectivity index is 1.54. The van der Waals surface area contributed by atoms with Gasteiger partial charge < -0.3 is 10.2 Å². The molecule has 3 aromatic heterocycles. The van der Waals surface area contributed by atoms with E-state index in [0.717, 1.165) is 32.0 Å². The molecule has 1 amide bonds. The Kier molecular flexibility index (Phi) is 5.39. The van der Waals surface area contributed by atoms with Crippen LogP contribution in [0.15, 0.2) is 36.5 Å². The summed E-state index contributed by atoms with van der Waals surface area (Å²) in [5, 5.41) is 6.08. The summed E-state index contributed by atoms with van der Waals surface area (Å²) in [4.78, 5) is 36.7. The molecule has 0 saturated carbocycles. The van der Waals surface area contributed by atoms with Gasteiger partial charge in [0.25, 0.3) is 5.91 Å². The van der Waals surface area contributed by atoms with Crippen molar-refractivity contribution in [2.24, 2.45) is 0 Å². The molecule has 0 aliphatic carbocycles. The number of rotatable bonds is 4. The van der Waals surface area contributed by atoms with Gasteiger partial charge in [-0.3, -0.25) is 15.1 Å². The van der Waals surface area contributed by atoms with Crippen LogP contribution in [-0.4, -0.2) is 57.0 Å². The molecule has 29 heavy (non-hydrogen) atoms. The van der Waals surface area contributed by atoms with Crippen molar-refractivity contribution in [3.05, 3.63) is 53.6 Å². The van der Waals surface area contributed by atoms with E-state index < -0.39 is 0 Å². The lowest BCUT2D eigenvalue weighted by atomic mass is 10.2. The highest BCUT2D eigenvalue weighted by Crippen LogP contribution is 2.17. The molecule has 0 spiro atoms. The summed E-state index contributed by atoms with van der Waals surface area (Å²) in [6.45, 7) is 7.24. The predicted molar refractivity (Wildman–Crippen MR) is 110 cm³/mol. The van der Waals surface area contributed by atoms with Gasteiger partial charge in [-0.25, -0.2) is 9.97 Å². The summed E-state index contributed by atoms with van der Waals surface area (Å²) in [7, 11) is 0. The van der Waals surface area contributed by atoms with E-state index in [1.54, 1.807) is 19.2 Å². The van der Waals surface area contributed by atoms with Gasteiger partial charge in [0.05, 0.1) is 11.3 Å². The lowest BCUT2D eigenvalue weighted by Gasteiger charge is -2.28. The number of anilines is 2. The van der Waals surface area contributed by atoms with Crippen LogP contribution in [0.1, 0.15) is 21.9 Å².